The van der Waals surface area contributed by atoms with E-state index in [1.54, 1.807) is 42.5 Å². The summed E-state index contributed by atoms with van der Waals surface area (Å²) in [6.45, 7) is 3.90. The molecule has 6 nitrogen and oxygen atoms in total. The molecule has 3 aromatic carbocycles. The highest BCUT2D eigenvalue weighted by molar-refractivity contribution is 6.39. The summed E-state index contributed by atoms with van der Waals surface area (Å²) in [5, 5.41) is 2.45. The maximum atomic E-state index is 13.3. The van der Waals surface area contributed by atoms with E-state index in [4.69, 9.17) is 16.3 Å². The summed E-state index contributed by atoms with van der Waals surface area (Å²) >= 11 is 6.32. The van der Waals surface area contributed by atoms with Crippen molar-refractivity contribution in [2.75, 3.05) is 4.90 Å². The second-order valence-corrected chi connectivity index (χ2v) is 8.24. The number of carbonyl (C=O) groups is 3. The lowest BCUT2D eigenvalue weighted by Crippen LogP contribution is -2.54. The highest BCUT2D eigenvalue weighted by atomic mass is 35.5. The largest absolute Gasteiger partial charge is 0.487 e. The van der Waals surface area contributed by atoms with E-state index in [1.165, 1.54) is 24.3 Å². The molecular formula is C26H20ClFN2O4. The van der Waals surface area contributed by atoms with Gasteiger partial charge in [-0.2, -0.15) is 0 Å². The van der Waals surface area contributed by atoms with Crippen molar-refractivity contribution < 1.29 is 23.5 Å². The van der Waals surface area contributed by atoms with E-state index >= 15 is 0 Å². The number of rotatable bonds is 5. The van der Waals surface area contributed by atoms with Gasteiger partial charge in [0, 0.05) is 0 Å². The molecular weight excluding hydrogens is 459 g/mol. The third-order valence-electron chi connectivity index (χ3n) is 5.40. The molecule has 34 heavy (non-hydrogen) atoms. The summed E-state index contributed by atoms with van der Waals surface area (Å²) in [4.78, 5) is 38.8. The number of carbonyl (C=O) groups excluding carboxylic acids is 3. The number of halogens is 2. The van der Waals surface area contributed by atoms with E-state index in [0.717, 1.165) is 16.0 Å². The molecule has 0 aliphatic carbocycles. The second-order valence-electron chi connectivity index (χ2n) is 7.83. The standard InChI is InChI=1S/C26H20ClFN2O4/c1-15-6-8-20(10-16(15)2)30-25(32)21(24(31)29-26(30)33)12-17-7-9-23(22(27)13-17)34-14-18-4-3-5-19(28)11-18/h3-13H,14H2,1-2H3,(H,29,31,33)/b21-12+. The number of benzene rings is 3. The minimum absolute atomic E-state index is 0.117. The number of hydrogen-bond acceptors (Lipinski definition) is 4. The summed E-state index contributed by atoms with van der Waals surface area (Å²) in [6, 6.07) is 15.1. The first-order chi connectivity index (χ1) is 16.2. The van der Waals surface area contributed by atoms with Crippen LogP contribution in [0.15, 0.2) is 66.2 Å². The van der Waals surface area contributed by atoms with E-state index in [0.29, 0.717) is 22.6 Å². The van der Waals surface area contributed by atoms with Crippen LogP contribution in [0.5, 0.6) is 5.75 Å². The van der Waals surface area contributed by atoms with E-state index in [-0.39, 0.29) is 23.0 Å². The Balaban J connectivity index is 1.57. The molecule has 1 saturated heterocycles. The van der Waals surface area contributed by atoms with Crippen LogP contribution in [0.3, 0.4) is 0 Å². The first-order valence-electron chi connectivity index (χ1n) is 10.4. The van der Waals surface area contributed by atoms with Crippen LogP contribution in [-0.2, 0) is 16.2 Å². The van der Waals surface area contributed by atoms with Crippen LogP contribution >= 0.6 is 11.6 Å². The molecule has 0 unspecified atom stereocenters. The zero-order valence-electron chi connectivity index (χ0n) is 18.4. The van der Waals surface area contributed by atoms with Gasteiger partial charge < -0.3 is 4.74 Å². The molecule has 1 aliphatic heterocycles. The number of hydrogen-bond donors (Lipinski definition) is 1. The van der Waals surface area contributed by atoms with Gasteiger partial charge in [-0.1, -0.05) is 35.9 Å². The molecule has 0 atom stereocenters. The van der Waals surface area contributed by atoms with E-state index in [2.05, 4.69) is 5.32 Å². The van der Waals surface area contributed by atoms with Crippen molar-refractivity contribution >= 4 is 41.2 Å². The fourth-order valence-electron chi connectivity index (χ4n) is 3.44. The lowest BCUT2D eigenvalue weighted by Gasteiger charge is -2.26. The van der Waals surface area contributed by atoms with Gasteiger partial charge in [-0.25, -0.2) is 14.1 Å². The average Bonchev–Trinajstić information content (AvgIpc) is 2.78. The summed E-state index contributed by atoms with van der Waals surface area (Å²) in [5.41, 5.74) is 3.18. The topological polar surface area (TPSA) is 75.7 Å². The molecule has 0 spiro atoms. The highest BCUT2D eigenvalue weighted by Crippen LogP contribution is 2.29. The van der Waals surface area contributed by atoms with E-state index < -0.39 is 17.8 Å². The second kappa shape index (κ2) is 9.49. The summed E-state index contributed by atoms with van der Waals surface area (Å²) < 4.78 is 19.0. The predicted molar refractivity (Wildman–Crippen MR) is 127 cm³/mol. The number of imide groups is 2. The molecule has 1 N–H and O–H groups in total. The lowest BCUT2D eigenvalue weighted by molar-refractivity contribution is -0.122. The molecule has 0 radical (unpaired) electrons. The van der Waals surface area contributed by atoms with E-state index in [1.807, 2.05) is 13.8 Å². The fraction of sp³-hybridized carbons (Fsp3) is 0.115. The van der Waals surface area contributed by atoms with Gasteiger partial charge in [0.15, 0.2) is 0 Å². The molecule has 0 saturated carbocycles. The van der Waals surface area contributed by atoms with Crippen molar-refractivity contribution in [3.8, 4) is 5.75 Å². The Bertz CT molecular complexity index is 1350. The lowest BCUT2D eigenvalue weighted by atomic mass is 10.0. The molecule has 8 heteroatoms. The molecule has 4 amide bonds. The minimum Gasteiger partial charge on any atom is -0.487 e. The molecule has 1 heterocycles. The maximum Gasteiger partial charge on any atom is 0.335 e. The van der Waals surface area contributed by atoms with Crippen LogP contribution in [0.25, 0.3) is 6.08 Å². The quantitative estimate of drug-likeness (QED) is 0.396. The van der Waals surface area contributed by atoms with Crippen molar-refractivity contribution in [3.63, 3.8) is 0 Å². The third-order valence-corrected chi connectivity index (χ3v) is 5.70. The Morgan fingerprint density at radius 2 is 1.79 bits per heavy atom. The summed E-state index contributed by atoms with van der Waals surface area (Å²) in [6.07, 6.45) is 1.36. The zero-order chi connectivity index (χ0) is 24.4. The van der Waals surface area contributed by atoms with Gasteiger partial charge in [0.1, 0.15) is 23.7 Å². The van der Waals surface area contributed by atoms with Crippen molar-refractivity contribution in [2.24, 2.45) is 0 Å². The molecule has 1 aliphatic rings. The first-order valence-corrected chi connectivity index (χ1v) is 10.8. The maximum absolute atomic E-state index is 13.3. The number of barbiturate groups is 1. The smallest absolute Gasteiger partial charge is 0.335 e. The van der Waals surface area contributed by atoms with Crippen molar-refractivity contribution in [1.82, 2.24) is 5.32 Å². The van der Waals surface area contributed by atoms with Crippen LogP contribution in [-0.4, -0.2) is 17.8 Å². The van der Waals surface area contributed by atoms with Crippen molar-refractivity contribution in [2.45, 2.75) is 20.5 Å². The number of urea groups is 1. The van der Waals surface area contributed by atoms with Crippen molar-refractivity contribution in [1.29, 1.82) is 0 Å². The van der Waals surface area contributed by atoms with Gasteiger partial charge in [0.05, 0.1) is 10.7 Å². The number of amides is 4. The summed E-state index contributed by atoms with van der Waals surface area (Å²) in [5.74, 6) is -1.53. The van der Waals surface area contributed by atoms with Gasteiger partial charge in [0.2, 0.25) is 0 Å². The molecule has 4 rings (SSSR count). The third kappa shape index (κ3) is 4.84. The van der Waals surface area contributed by atoms with Gasteiger partial charge in [-0.15, -0.1) is 0 Å². The van der Waals surface area contributed by atoms with Crippen molar-refractivity contribution in [3.05, 3.63) is 99.3 Å². The SMILES string of the molecule is Cc1ccc(N2C(=O)NC(=O)/C(=C\c3ccc(OCc4cccc(F)c4)c(Cl)c3)C2=O)cc1C. The normalized spacial score (nSPS) is 15.0. The minimum atomic E-state index is -0.811. The van der Waals surface area contributed by atoms with Crippen LogP contribution in [0.2, 0.25) is 5.02 Å². The molecule has 0 aromatic heterocycles. The Morgan fingerprint density at radius 3 is 2.50 bits per heavy atom. The molecule has 1 fully saturated rings. The van der Waals surface area contributed by atoms with Gasteiger partial charge in [-0.05, 0) is 78.6 Å². The Labute approximate surface area is 200 Å². The fourth-order valence-corrected chi connectivity index (χ4v) is 3.68. The molecule has 0 bridgehead atoms. The van der Waals surface area contributed by atoms with Gasteiger partial charge in [-0.3, -0.25) is 14.9 Å². The van der Waals surface area contributed by atoms with E-state index in [9.17, 15) is 18.8 Å². The number of nitrogens with one attached hydrogen (secondary N) is 1. The predicted octanol–water partition coefficient (Wildman–Crippen LogP) is 5.34. The molecule has 3 aromatic rings. The zero-order valence-corrected chi connectivity index (χ0v) is 19.2. The van der Waals surface area contributed by atoms with Crippen LogP contribution < -0.4 is 15.0 Å². The number of anilines is 1. The van der Waals surface area contributed by atoms with Crippen LogP contribution in [0, 0.1) is 19.7 Å². The molecule has 172 valence electrons. The first kappa shape index (κ1) is 23.2. The number of aryl methyl sites for hydroxylation is 2. The Morgan fingerprint density at radius 1 is 1.00 bits per heavy atom. The number of ether oxygens (including phenoxy) is 1. The monoisotopic (exact) mass is 478 g/mol. The Kier molecular flexibility index (Phi) is 6.47. The van der Waals surface area contributed by atoms with Crippen LogP contribution in [0.1, 0.15) is 22.3 Å². The summed E-state index contributed by atoms with van der Waals surface area (Å²) in [7, 11) is 0. The highest BCUT2D eigenvalue weighted by Gasteiger charge is 2.36. The van der Waals surface area contributed by atoms with Gasteiger partial charge in [0.25, 0.3) is 11.8 Å². The average molecular weight is 479 g/mol. The Hall–Kier alpha value is -3.97. The number of nitrogens with zero attached hydrogens (tertiary/aromatic N) is 1. The van der Waals surface area contributed by atoms with Crippen LogP contribution in [0.4, 0.5) is 14.9 Å². The van der Waals surface area contributed by atoms with Gasteiger partial charge >= 0.3 is 6.03 Å².